The first-order valence-electron chi connectivity index (χ1n) is 8.94. The van der Waals surface area contributed by atoms with Gasteiger partial charge in [-0.05, 0) is 37.3 Å². The molecule has 27 heavy (non-hydrogen) atoms. The summed E-state index contributed by atoms with van der Waals surface area (Å²) in [7, 11) is 0. The Labute approximate surface area is 158 Å². The van der Waals surface area contributed by atoms with Crippen LogP contribution >= 0.6 is 0 Å². The highest BCUT2D eigenvalue weighted by atomic mass is 19.1. The highest BCUT2D eigenvalue weighted by molar-refractivity contribution is 5.94. The SMILES string of the molecule is CC(C(=O)Nc1cccc(F)c1)N1CCN(C(=O)Nc2ccccc2)CC1. The van der Waals surface area contributed by atoms with Crippen LogP contribution in [-0.2, 0) is 4.79 Å². The number of nitrogens with one attached hydrogen (secondary N) is 2. The summed E-state index contributed by atoms with van der Waals surface area (Å²) in [4.78, 5) is 28.5. The molecule has 1 aliphatic heterocycles. The lowest BCUT2D eigenvalue weighted by Crippen LogP contribution is -2.54. The number of urea groups is 1. The fraction of sp³-hybridized carbons (Fsp3) is 0.300. The molecule has 0 aliphatic carbocycles. The predicted octanol–water partition coefficient (Wildman–Crippen LogP) is 3.00. The highest BCUT2D eigenvalue weighted by Gasteiger charge is 2.27. The standard InChI is InChI=1S/C20H23FN4O2/c1-15(19(26)22-18-9-5-6-16(21)14-18)24-10-12-25(13-11-24)20(27)23-17-7-3-2-4-8-17/h2-9,14-15H,10-13H2,1H3,(H,22,26)(H,23,27). The Morgan fingerprint density at radius 3 is 2.26 bits per heavy atom. The maximum atomic E-state index is 13.2. The van der Waals surface area contributed by atoms with E-state index in [0.717, 1.165) is 5.69 Å². The molecule has 1 aliphatic rings. The van der Waals surface area contributed by atoms with Gasteiger partial charge in [0, 0.05) is 37.6 Å². The summed E-state index contributed by atoms with van der Waals surface area (Å²) in [6, 6.07) is 14.6. The van der Waals surface area contributed by atoms with Gasteiger partial charge in [0.25, 0.3) is 0 Å². The zero-order valence-electron chi connectivity index (χ0n) is 15.2. The van der Waals surface area contributed by atoms with Crippen LogP contribution in [0.2, 0.25) is 0 Å². The summed E-state index contributed by atoms with van der Waals surface area (Å²) in [5, 5.41) is 5.60. The van der Waals surface area contributed by atoms with E-state index in [-0.39, 0.29) is 18.0 Å². The second-order valence-electron chi connectivity index (χ2n) is 6.49. The molecule has 142 valence electrons. The van der Waals surface area contributed by atoms with Crippen molar-refractivity contribution in [1.29, 1.82) is 0 Å². The topological polar surface area (TPSA) is 64.7 Å². The molecular formula is C20H23FN4O2. The Kier molecular flexibility index (Phi) is 6.03. The van der Waals surface area contributed by atoms with Gasteiger partial charge in [-0.1, -0.05) is 24.3 Å². The van der Waals surface area contributed by atoms with Gasteiger partial charge >= 0.3 is 6.03 Å². The number of carbonyl (C=O) groups is 2. The number of hydrogen-bond donors (Lipinski definition) is 2. The Morgan fingerprint density at radius 1 is 0.926 bits per heavy atom. The van der Waals surface area contributed by atoms with Gasteiger partial charge in [0.2, 0.25) is 5.91 Å². The lowest BCUT2D eigenvalue weighted by atomic mass is 10.2. The Bertz CT molecular complexity index is 792. The molecular weight excluding hydrogens is 347 g/mol. The number of piperazine rings is 1. The molecule has 3 rings (SSSR count). The normalized spacial score (nSPS) is 15.9. The third kappa shape index (κ3) is 5.04. The smallest absolute Gasteiger partial charge is 0.321 e. The summed E-state index contributed by atoms with van der Waals surface area (Å²) in [5.41, 5.74) is 1.19. The average molecular weight is 370 g/mol. The number of anilines is 2. The number of nitrogens with zero attached hydrogens (tertiary/aromatic N) is 2. The van der Waals surface area contributed by atoms with E-state index in [1.807, 2.05) is 42.2 Å². The van der Waals surface area contributed by atoms with E-state index in [1.165, 1.54) is 12.1 Å². The minimum absolute atomic E-state index is 0.141. The van der Waals surface area contributed by atoms with E-state index in [9.17, 15) is 14.0 Å². The van der Waals surface area contributed by atoms with Crippen molar-refractivity contribution in [2.24, 2.45) is 0 Å². The first-order chi connectivity index (χ1) is 13.0. The van der Waals surface area contributed by atoms with Crippen molar-refractivity contribution in [3.63, 3.8) is 0 Å². The van der Waals surface area contributed by atoms with Crippen molar-refractivity contribution in [1.82, 2.24) is 9.80 Å². The predicted molar refractivity (Wildman–Crippen MR) is 103 cm³/mol. The van der Waals surface area contributed by atoms with Crippen LogP contribution in [0.3, 0.4) is 0 Å². The fourth-order valence-electron chi connectivity index (χ4n) is 3.02. The summed E-state index contributed by atoms with van der Waals surface area (Å²) >= 11 is 0. The third-order valence-corrected chi connectivity index (χ3v) is 4.65. The molecule has 7 heteroatoms. The summed E-state index contributed by atoms with van der Waals surface area (Å²) in [6.45, 7) is 4.08. The van der Waals surface area contributed by atoms with Gasteiger partial charge in [0.1, 0.15) is 5.82 Å². The van der Waals surface area contributed by atoms with Crippen LogP contribution in [0.1, 0.15) is 6.92 Å². The lowest BCUT2D eigenvalue weighted by molar-refractivity contribution is -0.121. The van der Waals surface area contributed by atoms with Crippen LogP contribution in [0.25, 0.3) is 0 Å². The van der Waals surface area contributed by atoms with Gasteiger partial charge in [0.15, 0.2) is 0 Å². The average Bonchev–Trinajstić information content (AvgIpc) is 2.68. The van der Waals surface area contributed by atoms with Crippen LogP contribution in [0, 0.1) is 5.82 Å². The van der Waals surface area contributed by atoms with Gasteiger partial charge in [-0.15, -0.1) is 0 Å². The second-order valence-corrected chi connectivity index (χ2v) is 6.49. The van der Waals surface area contributed by atoms with E-state index in [1.54, 1.807) is 17.0 Å². The Morgan fingerprint density at radius 2 is 1.59 bits per heavy atom. The number of amides is 3. The maximum Gasteiger partial charge on any atom is 0.321 e. The van der Waals surface area contributed by atoms with E-state index < -0.39 is 5.82 Å². The van der Waals surface area contributed by atoms with E-state index in [0.29, 0.717) is 31.9 Å². The van der Waals surface area contributed by atoms with Gasteiger partial charge in [-0.25, -0.2) is 9.18 Å². The van der Waals surface area contributed by atoms with Gasteiger partial charge in [0.05, 0.1) is 6.04 Å². The van der Waals surface area contributed by atoms with Gasteiger partial charge in [-0.2, -0.15) is 0 Å². The number of hydrogen-bond acceptors (Lipinski definition) is 3. The molecule has 0 aromatic heterocycles. The molecule has 1 fully saturated rings. The lowest BCUT2D eigenvalue weighted by Gasteiger charge is -2.37. The molecule has 0 spiro atoms. The van der Waals surface area contributed by atoms with Crippen molar-refractivity contribution in [2.45, 2.75) is 13.0 Å². The second kappa shape index (κ2) is 8.64. The molecule has 0 radical (unpaired) electrons. The van der Waals surface area contributed by atoms with E-state index >= 15 is 0 Å². The van der Waals surface area contributed by atoms with Crippen molar-refractivity contribution >= 4 is 23.3 Å². The molecule has 0 saturated carbocycles. The van der Waals surface area contributed by atoms with Crippen molar-refractivity contribution in [3.05, 3.63) is 60.4 Å². The molecule has 1 saturated heterocycles. The number of benzene rings is 2. The summed E-state index contributed by atoms with van der Waals surface area (Å²) < 4.78 is 13.2. The number of rotatable bonds is 4. The minimum atomic E-state index is -0.390. The molecule has 1 atom stereocenters. The molecule has 2 aromatic rings. The highest BCUT2D eigenvalue weighted by Crippen LogP contribution is 2.13. The van der Waals surface area contributed by atoms with Crippen LogP contribution in [-0.4, -0.2) is 54.0 Å². The van der Waals surface area contributed by atoms with Crippen molar-refractivity contribution in [3.8, 4) is 0 Å². The minimum Gasteiger partial charge on any atom is -0.325 e. The zero-order valence-corrected chi connectivity index (χ0v) is 15.2. The van der Waals surface area contributed by atoms with Crippen LogP contribution in [0.15, 0.2) is 54.6 Å². The monoisotopic (exact) mass is 370 g/mol. The zero-order chi connectivity index (χ0) is 19.2. The largest absolute Gasteiger partial charge is 0.325 e. The molecule has 2 N–H and O–H groups in total. The summed E-state index contributed by atoms with van der Waals surface area (Å²) in [6.07, 6.45) is 0. The van der Waals surface area contributed by atoms with Crippen molar-refractivity contribution < 1.29 is 14.0 Å². The van der Waals surface area contributed by atoms with E-state index in [2.05, 4.69) is 10.6 Å². The first-order valence-corrected chi connectivity index (χ1v) is 8.94. The van der Waals surface area contributed by atoms with Crippen LogP contribution in [0.5, 0.6) is 0 Å². The Balaban J connectivity index is 1.49. The summed E-state index contributed by atoms with van der Waals surface area (Å²) in [5.74, 6) is -0.582. The van der Waals surface area contributed by atoms with Crippen LogP contribution < -0.4 is 10.6 Å². The van der Waals surface area contributed by atoms with Crippen molar-refractivity contribution in [2.75, 3.05) is 36.8 Å². The number of carbonyl (C=O) groups excluding carboxylic acids is 2. The quantitative estimate of drug-likeness (QED) is 0.870. The van der Waals surface area contributed by atoms with E-state index in [4.69, 9.17) is 0 Å². The van der Waals surface area contributed by atoms with Gasteiger partial charge in [-0.3, -0.25) is 9.69 Å². The fourth-order valence-corrected chi connectivity index (χ4v) is 3.02. The third-order valence-electron chi connectivity index (χ3n) is 4.65. The molecule has 6 nitrogen and oxygen atoms in total. The maximum absolute atomic E-state index is 13.2. The number of para-hydroxylation sites is 1. The molecule has 1 unspecified atom stereocenters. The molecule has 1 heterocycles. The molecule has 2 aromatic carbocycles. The first kappa shape index (κ1) is 18.8. The molecule has 0 bridgehead atoms. The Hall–Kier alpha value is -2.93. The molecule has 3 amide bonds. The van der Waals surface area contributed by atoms with Gasteiger partial charge < -0.3 is 15.5 Å². The van der Waals surface area contributed by atoms with Crippen LogP contribution in [0.4, 0.5) is 20.6 Å². The number of halogens is 1.